The molecule has 1 aliphatic carbocycles. The van der Waals surface area contributed by atoms with Crippen molar-refractivity contribution in [3.05, 3.63) is 50.7 Å². The average Bonchev–Trinajstić information content (AvgIpc) is 3.44. The Hall–Kier alpha value is -2.20. The van der Waals surface area contributed by atoms with E-state index in [4.69, 9.17) is 30.2 Å². The Kier molecular flexibility index (Phi) is 11.0. The zero-order chi connectivity index (χ0) is 29.7. The van der Waals surface area contributed by atoms with Gasteiger partial charge in [0.15, 0.2) is 8.32 Å². The Morgan fingerprint density at radius 3 is 2.52 bits per heavy atom. The summed E-state index contributed by atoms with van der Waals surface area (Å²) in [4.78, 5) is 38.0. The van der Waals surface area contributed by atoms with E-state index < -0.39 is 8.32 Å². The van der Waals surface area contributed by atoms with Gasteiger partial charge in [-0.25, -0.2) is 4.79 Å². The number of carbonyl (C=O) groups excluding carboxylic acids is 3. The number of methoxy groups -OCH3 is 1. The van der Waals surface area contributed by atoms with Gasteiger partial charge in [-0.3, -0.25) is 9.59 Å². The number of Topliss-reactive ketones (excluding diaryl/α,β-unsaturated/α-hetero) is 1. The van der Waals surface area contributed by atoms with Crippen LogP contribution in [0.1, 0.15) is 67.1 Å². The van der Waals surface area contributed by atoms with Crippen LogP contribution in [-0.4, -0.2) is 45.9 Å². The molecule has 1 aliphatic rings. The minimum Gasteiger partial charge on any atom is -0.493 e. The molecule has 2 aromatic rings. The highest BCUT2D eigenvalue weighted by Gasteiger charge is 2.48. The Labute approximate surface area is 247 Å². The lowest BCUT2D eigenvalue weighted by atomic mass is 9.90. The maximum Gasteiger partial charge on any atom is 0.348 e. The Balaban J connectivity index is 1.75. The van der Waals surface area contributed by atoms with Crippen LogP contribution in [0.4, 0.5) is 0 Å². The lowest BCUT2D eigenvalue weighted by Gasteiger charge is -2.40. The van der Waals surface area contributed by atoms with Crippen molar-refractivity contribution in [1.29, 1.82) is 0 Å². The molecule has 3 rings (SSSR count). The number of thiophene rings is 1. The van der Waals surface area contributed by atoms with Crippen LogP contribution < -0.4 is 4.74 Å². The highest BCUT2D eigenvalue weighted by Crippen LogP contribution is 2.43. The summed E-state index contributed by atoms with van der Waals surface area (Å²) in [6.45, 7) is 12.8. The molecule has 40 heavy (non-hydrogen) atoms. The minimum atomic E-state index is -2.13. The van der Waals surface area contributed by atoms with E-state index in [9.17, 15) is 14.4 Å². The minimum absolute atomic E-state index is 0.00856. The number of hydrogen-bond acceptors (Lipinski definition) is 8. The third-order valence-corrected chi connectivity index (χ3v) is 13.7. The van der Waals surface area contributed by atoms with Gasteiger partial charge < -0.3 is 18.6 Å². The maximum absolute atomic E-state index is 13.3. The molecule has 1 heterocycles. The molecule has 0 spiro atoms. The second-order valence-electron chi connectivity index (χ2n) is 11.9. The molecule has 220 valence electrons. The molecule has 1 aromatic heterocycles. The summed E-state index contributed by atoms with van der Waals surface area (Å²) in [6.07, 6.45) is 2.46. The zero-order valence-corrected chi connectivity index (χ0v) is 27.1. The Morgan fingerprint density at radius 1 is 1.15 bits per heavy atom. The van der Waals surface area contributed by atoms with Crippen LogP contribution in [-0.2, 0) is 36.5 Å². The Morgan fingerprint density at radius 2 is 1.88 bits per heavy atom. The highest BCUT2D eigenvalue weighted by molar-refractivity contribution is 7.13. The van der Waals surface area contributed by atoms with Gasteiger partial charge in [-0.2, -0.15) is 0 Å². The summed E-state index contributed by atoms with van der Waals surface area (Å²) in [6, 6.07) is 9.00. The first-order valence-electron chi connectivity index (χ1n) is 13.6. The first-order valence-corrected chi connectivity index (χ1v) is 17.7. The number of ether oxygens (including phenoxy) is 3. The van der Waals surface area contributed by atoms with Gasteiger partial charge in [0.2, 0.25) is 0 Å². The van der Waals surface area contributed by atoms with E-state index in [-0.39, 0.29) is 47.3 Å². The predicted octanol–water partition coefficient (Wildman–Crippen LogP) is 7.25. The molecule has 1 saturated carbocycles. The molecular formula is C30H41ClO7SSi. The molecule has 0 amide bonds. The van der Waals surface area contributed by atoms with Gasteiger partial charge in [0.25, 0.3) is 0 Å². The molecule has 7 nitrogen and oxygen atoms in total. The third-order valence-electron chi connectivity index (χ3n) is 7.86. The molecule has 0 N–H and O–H groups in total. The smallest absolute Gasteiger partial charge is 0.348 e. The van der Waals surface area contributed by atoms with Gasteiger partial charge in [0.05, 0.1) is 19.8 Å². The predicted molar refractivity (Wildman–Crippen MR) is 160 cm³/mol. The summed E-state index contributed by atoms with van der Waals surface area (Å²) in [7, 11) is -0.757. The fraction of sp³-hybridized carbons (Fsp3) is 0.567. The number of ketones is 1. The molecule has 1 aromatic carbocycles. The van der Waals surface area contributed by atoms with Crippen molar-refractivity contribution in [2.45, 2.75) is 84.2 Å². The number of benzene rings is 1. The van der Waals surface area contributed by atoms with Crippen molar-refractivity contribution in [2.75, 3.05) is 13.7 Å². The topological polar surface area (TPSA) is 88.1 Å². The van der Waals surface area contributed by atoms with Gasteiger partial charge in [-0.15, -0.1) is 11.3 Å². The first-order chi connectivity index (χ1) is 18.7. The molecule has 0 bridgehead atoms. The SMILES string of the molecule is COC(=O)c1ccc(CCC[C@H]2C(=O)C[C@H](O[Si](C)(C)C(C)(C)C)[C@@H]2COc2cc(Cl)cc(COC(C)=O)c2)s1. The van der Waals surface area contributed by atoms with E-state index in [1.807, 2.05) is 6.07 Å². The van der Waals surface area contributed by atoms with Crippen LogP contribution in [0, 0.1) is 11.8 Å². The van der Waals surface area contributed by atoms with E-state index in [0.29, 0.717) is 35.1 Å². The zero-order valence-electron chi connectivity index (χ0n) is 24.5. The summed E-state index contributed by atoms with van der Waals surface area (Å²) in [5, 5.41) is 0.490. The first kappa shape index (κ1) is 32.3. The average molecular weight is 609 g/mol. The second-order valence-corrected chi connectivity index (χ2v) is 18.3. The van der Waals surface area contributed by atoms with Crippen LogP contribution in [0.2, 0.25) is 23.2 Å². The fourth-order valence-electron chi connectivity index (χ4n) is 4.67. The van der Waals surface area contributed by atoms with E-state index in [2.05, 4.69) is 33.9 Å². The molecule has 1 fully saturated rings. The quantitative estimate of drug-likeness (QED) is 0.185. The summed E-state index contributed by atoms with van der Waals surface area (Å²) < 4.78 is 23.0. The molecule has 3 atom stereocenters. The van der Waals surface area contributed by atoms with Crippen LogP contribution in [0.25, 0.3) is 0 Å². The fourth-order valence-corrected chi connectivity index (χ4v) is 7.25. The number of halogens is 1. The standard InChI is InChI=1S/C30H41ClO7SSi/c1-19(32)36-17-20-13-21(31)15-22(14-20)37-18-25-24(10-8-9-23-11-12-28(39-23)29(34)35-5)26(33)16-27(25)38-40(6,7)30(2,3)4/h11-15,24-25,27H,8-10,16-18H2,1-7H3/t24-,25-,27+/m1/s1. The van der Waals surface area contributed by atoms with Crippen LogP contribution in [0.15, 0.2) is 30.3 Å². The normalized spacial score (nSPS) is 19.5. The number of rotatable bonds is 12. The molecule has 0 saturated heterocycles. The summed E-state index contributed by atoms with van der Waals surface area (Å²) >= 11 is 7.74. The van der Waals surface area contributed by atoms with Gasteiger partial charge in [0.1, 0.15) is 23.0 Å². The van der Waals surface area contributed by atoms with Crippen molar-refractivity contribution in [3.8, 4) is 5.75 Å². The lowest BCUT2D eigenvalue weighted by Crippen LogP contribution is -2.46. The van der Waals surface area contributed by atoms with Crippen molar-refractivity contribution < 1.29 is 33.0 Å². The number of esters is 2. The van der Waals surface area contributed by atoms with Gasteiger partial charge in [-0.05, 0) is 73.3 Å². The van der Waals surface area contributed by atoms with E-state index in [1.54, 1.807) is 24.3 Å². The molecule has 0 aliphatic heterocycles. The second kappa shape index (κ2) is 13.6. The molecular weight excluding hydrogens is 568 g/mol. The summed E-state index contributed by atoms with van der Waals surface area (Å²) in [5.74, 6) is -0.222. The van der Waals surface area contributed by atoms with Crippen molar-refractivity contribution >= 4 is 49.0 Å². The third kappa shape index (κ3) is 8.65. The van der Waals surface area contributed by atoms with E-state index in [1.165, 1.54) is 25.4 Å². The monoisotopic (exact) mass is 608 g/mol. The summed E-state index contributed by atoms with van der Waals surface area (Å²) in [5.41, 5.74) is 0.730. The van der Waals surface area contributed by atoms with Gasteiger partial charge >= 0.3 is 11.9 Å². The lowest BCUT2D eigenvalue weighted by molar-refractivity contribution is -0.142. The van der Waals surface area contributed by atoms with E-state index in [0.717, 1.165) is 23.3 Å². The van der Waals surface area contributed by atoms with Crippen LogP contribution in [0.5, 0.6) is 5.75 Å². The van der Waals surface area contributed by atoms with Crippen molar-refractivity contribution in [2.24, 2.45) is 11.8 Å². The molecule has 0 radical (unpaired) electrons. The number of hydrogen-bond donors (Lipinski definition) is 0. The largest absolute Gasteiger partial charge is 0.493 e. The van der Waals surface area contributed by atoms with E-state index >= 15 is 0 Å². The van der Waals surface area contributed by atoms with Gasteiger partial charge in [0, 0.05) is 35.1 Å². The number of aryl methyl sites for hydroxylation is 1. The maximum atomic E-state index is 13.3. The van der Waals surface area contributed by atoms with Gasteiger partial charge in [-0.1, -0.05) is 32.4 Å². The van der Waals surface area contributed by atoms with Crippen molar-refractivity contribution in [1.82, 2.24) is 0 Å². The van der Waals surface area contributed by atoms with Crippen LogP contribution in [0.3, 0.4) is 0 Å². The number of carbonyl (C=O) groups is 3. The van der Waals surface area contributed by atoms with Crippen LogP contribution >= 0.6 is 22.9 Å². The molecule has 10 heteroatoms. The molecule has 0 unspecified atom stereocenters. The highest BCUT2D eigenvalue weighted by atomic mass is 35.5. The van der Waals surface area contributed by atoms with Crippen molar-refractivity contribution in [3.63, 3.8) is 0 Å². The Bertz CT molecular complexity index is 1200.